The molecule has 0 saturated carbocycles. The van der Waals surface area contributed by atoms with Crippen LogP contribution < -0.4 is 10.8 Å². The lowest BCUT2D eigenvalue weighted by atomic mass is 9.97. The highest BCUT2D eigenvalue weighted by atomic mass is 16.5. The molecular formula is C21H18N2O3. The average molecular weight is 346 g/mol. The molecule has 3 N–H and O–H groups in total. The van der Waals surface area contributed by atoms with Crippen molar-refractivity contribution in [1.29, 1.82) is 0 Å². The summed E-state index contributed by atoms with van der Waals surface area (Å²) in [7, 11) is 0. The number of carbonyl (C=O) groups excluding carboxylic acids is 2. The molecule has 2 amide bonds. The molecular weight excluding hydrogens is 328 g/mol. The van der Waals surface area contributed by atoms with Gasteiger partial charge in [0.05, 0.1) is 0 Å². The number of hydrogen-bond acceptors (Lipinski definition) is 3. The van der Waals surface area contributed by atoms with Crippen LogP contribution in [0.25, 0.3) is 11.1 Å². The molecule has 0 bridgehead atoms. The van der Waals surface area contributed by atoms with Gasteiger partial charge in [0, 0.05) is 5.69 Å². The third-order valence-electron chi connectivity index (χ3n) is 4.03. The molecule has 0 aromatic heterocycles. The maximum Gasteiger partial charge on any atom is 0.260 e. The Morgan fingerprint density at radius 1 is 0.692 bits per heavy atom. The second-order valence-electron chi connectivity index (χ2n) is 5.75. The van der Waals surface area contributed by atoms with E-state index in [1.807, 2.05) is 42.5 Å². The molecule has 3 aromatic carbocycles. The standard InChI is InChI=1S/C21H18N2O3/c24-20(19(21(25)23-26)17-9-5-2-6-10-17)22-18-13-11-16(12-14-18)15-7-3-1-4-8-15/h1-14,19,26H,(H,22,24)(H,23,25). The number of anilines is 1. The van der Waals surface area contributed by atoms with Crippen molar-refractivity contribution in [2.45, 2.75) is 5.92 Å². The number of carbonyl (C=O) groups is 2. The number of nitrogens with one attached hydrogen (secondary N) is 2. The quantitative estimate of drug-likeness (QED) is 0.375. The number of hydroxylamine groups is 1. The Bertz CT molecular complexity index is 878. The summed E-state index contributed by atoms with van der Waals surface area (Å²) < 4.78 is 0. The van der Waals surface area contributed by atoms with Gasteiger partial charge in [0.2, 0.25) is 5.91 Å². The second-order valence-corrected chi connectivity index (χ2v) is 5.75. The average Bonchev–Trinajstić information content (AvgIpc) is 2.70. The van der Waals surface area contributed by atoms with Crippen LogP contribution in [0.5, 0.6) is 0 Å². The molecule has 3 aromatic rings. The number of benzene rings is 3. The van der Waals surface area contributed by atoms with E-state index in [9.17, 15) is 9.59 Å². The van der Waals surface area contributed by atoms with Crippen molar-refractivity contribution in [3.63, 3.8) is 0 Å². The highest BCUT2D eigenvalue weighted by Gasteiger charge is 2.28. The lowest BCUT2D eigenvalue weighted by Crippen LogP contribution is -2.35. The van der Waals surface area contributed by atoms with E-state index in [2.05, 4.69) is 5.32 Å². The molecule has 0 radical (unpaired) electrons. The molecule has 0 saturated heterocycles. The zero-order chi connectivity index (χ0) is 18.4. The predicted molar refractivity (Wildman–Crippen MR) is 99.6 cm³/mol. The topological polar surface area (TPSA) is 78.4 Å². The van der Waals surface area contributed by atoms with Crippen molar-refractivity contribution in [3.05, 3.63) is 90.5 Å². The van der Waals surface area contributed by atoms with Crippen LogP contribution in [0.3, 0.4) is 0 Å². The van der Waals surface area contributed by atoms with Gasteiger partial charge in [-0.25, -0.2) is 5.48 Å². The van der Waals surface area contributed by atoms with Crippen LogP contribution in [0.2, 0.25) is 0 Å². The molecule has 3 rings (SSSR count). The van der Waals surface area contributed by atoms with E-state index in [0.717, 1.165) is 11.1 Å². The van der Waals surface area contributed by atoms with Crippen LogP contribution >= 0.6 is 0 Å². The Morgan fingerprint density at radius 3 is 1.81 bits per heavy atom. The summed E-state index contributed by atoms with van der Waals surface area (Å²) in [5, 5.41) is 11.7. The third kappa shape index (κ3) is 3.96. The second kappa shape index (κ2) is 8.09. The summed E-state index contributed by atoms with van der Waals surface area (Å²) in [4.78, 5) is 24.5. The van der Waals surface area contributed by atoms with E-state index >= 15 is 0 Å². The van der Waals surface area contributed by atoms with Gasteiger partial charge in [0.15, 0.2) is 0 Å². The first-order valence-electron chi connectivity index (χ1n) is 8.14. The molecule has 130 valence electrons. The largest absolute Gasteiger partial charge is 0.325 e. The smallest absolute Gasteiger partial charge is 0.260 e. The first kappa shape index (κ1) is 17.4. The monoisotopic (exact) mass is 346 g/mol. The van der Waals surface area contributed by atoms with E-state index in [1.165, 1.54) is 0 Å². The molecule has 0 aliphatic rings. The summed E-state index contributed by atoms with van der Waals surface area (Å²) in [6.45, 7) is 0. The van der Waals surface area contributed by atoms with Gasteiger partial charge in [0.25, 0.3) is 5.91 Å². The summed E-state index contributed by atoms with van der Waals surface area (Å²) in [6, 6.07) is 25.8. The van der Waals surface area contributed by atoms with Gasteiger partial charge >= 0.3 is 0 Å². The fraction of sp³-hybridized carbons (Fsp3) is 0.0476. The summed E-state index contributed by atoms with van der Waals surface area (Å²) in [5.41, 5.74) is 4.73. The lowest BCUT2D eigenvalue weighted by Gasteiger charge is -2.15. The maximum absolute atomic E-state index is 12.6. The van der Waals surface area contributed by atoms with Crippen LogP contribution in [0.1, 0.15) is 11.5 Å². The van der Waals surface area contributed by atoms with E-state index < -0.39 is 17.7 Å². The van der Waals surface area contributed by atoms with E-state index in [-0.39, 0.29) is 0 Å². The van der Waals surface area contributed by atoms with Gasteiger partial charge < -0.3 is 5.32 Å². The first-order valence-corrected chi connectivity index (χ1v) is 8.14. The van der Waals surface area contributed by atoms with Crippen LogP contribution in [0.15, 0.2) is 84.9 Å². The highest BCUT2D eigenvalue weighted by molar-refractivity contribution is 6.10. The lowest BCUT2D eigenvalue weighted by molar-refractivity contribution is -0.135. The molecule has 0 heterocycles. The zero-order valence-electron chi connectivity index (χ0n) is 13.9. The summed E-state index contributed by atoms with van der Waals surface area (Å²) >= 11 is 0. The van der Waals surface area contributed by atoms with Crippen molar-refractivity contribution in [2.24, 2.45) is 0 Å². The fourth-order valence-corrected chi connectivity index (χ4v) is 2.72. The molecule has 1 unspecified atom stereocenters. The van der Waals surface area contributed by atoms with Crippen LogP contribution in [0, 0.1) is 0 Å². The molecule has 26 heavy (non-hydrogen) atoms. The molecule has 0 spiro atoms. The van der Waals surface area contributed by atoms with E-state index in [0.29, 0.717) is 11.3 Å². The van der Waals surface area contributed by atoms with Crippen LogP contribution in [-0.4, -0.2) is 17.0 Å². The predicted octanol–water partition coefficient (Wildman–Crippen LogP) is 3.58. The SMILES string of the molecule is O=C(NO)C(C(=O)Nc1ccc(-c2ccccc2)cc1)c1ccccc1. The minimum atomic E-state index is -1.14. The Labute approximate surface area is 151 Å². The number of rotatable bonds is 5. The van der Waals surface area contributed by atoms with Gasteiger partial charge in [-0.1, -0.05) is 72.8 Å². The molecule has 0 fully saturated rings. The number of hydrogen-bond donors (Lipinski definition) is 3. The summed E-state index contributed by atoms with van der Waals surface area (Å²) in [6.07, 6.45) is 0. The van der Waals surface area contributed by atoms with Gasteiger partial charge in [-0.2, -0.15) is 0 Å². The molecule has 5 nitrogen and oxygen atoms in total. The van der Waals surface area contributed by atoms with E-state index in [4.69, 9.17) is 5.21 Å². The normalized spacial score (nSPS) is 11.4. The van der Waals surface area contributed by atoms with Crippen molar-refractivity contribution >= 4 is 17.5 Å². The van der Waals surface area contributed by atoms with Gasteiger partial charge in [-0.05, 0) is 28.8 Å². The Morgan fingerprint density at radius 2 is 1.23 bits per heavy atom. The fourth-order valence-electron chi connectivity index (χ4n) is 2.72. The van der Waals surface area contributed by atoms with Crippen LogP contribution in [0.4, 0.5) is 5.69 Å². The van der Waals surface area contributed by atoms with Crippen LogP contribution in [-0.2, 0) is 9.59 Å². The third-order valence-corrected chi connectivity index (χ3v) is 4.03. The minimum Gasteiger partial charge on any atom is -0.325 e. The van der Waals surface area contributed by atoms with Gasteiger partial charge in [-0.3, -0.25) is 14.8 Å². The first-order chi connectivity index (χ1) is 12.7. The molecule has 5 heteroatoms. The maximum atomic E-state index is 12.6. The number of amides is 2. The Kier molecular flexibility index (Phi) is 5.41. The Hall–Kier alpha value is -3.44. The zero-order valence-corrected chi connectivity index (χ0v) is 13.9. The van der Waals surface area contributed by atoms with Crippen molar-refractivity contribution < 1.29 is 14.8 Å². The minimum absolute atomic E-state index is 0.498. The van der Waals surface area contributed by atoms with Crippen molar-refractivity contribution in [2.75, 3.05) is 5.32 Å². The van der Waals surface area contributed by atoms with Crippen molar-refractivity contribution in [3.8, 4) is 11.1 Å². The molecule has 1 atom stereocenters. The molecule has 0 aliphatic carbocycles. The van der Waals surface area contributed by atoms with Crippen molar-refractivity contribution in [1.82, 2.24) is 5.48 Å². The Balaban J connectivity index is 1.78. The highest BCUT2D eigenvalue weighted by Crippen LogP contribution is 2.23. The summed E-state index contributed by atoms with van der Waals surface area (Å²) in [5.74, 6) is -2.44. The van der Waals surface area contributed by atoms with Gasteiger partial charge in [0.1, 0.15) is 5.92 Å². The van der Waals surface area contributed by atoms with Gasteiger partial charge in [-0.15, -0.1) is 0 Å². The van der Waals surface area contributed by atoms with E-state index in [1.54, 1.807) is 47.9 Å². The molecule has 0 aliphatic heterocycles.